The Morgan fingerprint density at radius 3 is 2.72 bits per heavy atom. The minimum Gasteiger partial charge on any atom is -0.369 e. The molecule has 0 aliphatic carbocycles. The van der Waals surface area contributed by atoms with Crippen molar-refractivity contribution in [2.45, 2.75) is 39.2 Å². The molecule has 100 valence electrons. The highest BCUT2D eigenvalue weighted by atomic mass is 19.1. The van der Waals surface area contributed by atoms with Crippen molar-refractivity contribution in [1.29, 1.82) is 0 Å². The molecule has 0 amide bonds. The first-order valence-electron chi connectivity index (χ1n) is 7.00. The summed E-state index contributed by atoms with van der Waals surface area (Å²) in [6, 6.07) is 5.64. The second kappa shape index (κ2) is 6.19. The zero-order valence-electron chi connectivity index (χ0n) is 11.4. The van der Waals surface area contributed by atoms with Crippen LogP contribution in [0.4, 0.5) is 10.1 Å². The average Bonchev–Trinajstić information content (AvgIpc) is 2.89. The normalized spacial score (nSPS) is 17.2. The van der Waals surface area contributed by atoms with E-state index in [-0.39, 0.29) is 11.9 Å². The first kappa shape index (κ1) is 13.3. The van der Waals surface area contributed by atoms with Gasteiger partial charge in [-0.25, -0.2) is 4.39 Å². The Morgan fingerprint density at radius 2 is 2.06 bits per heavy atom. The third kappa shape index (κ3) is 2.83. The molecule has 1 fully saturated rings. The number of rotatable bonds is 5. The summed E-state index contributed by atoms with van der Waals surface area (Å²) in [5.41, 5.74) is 1.90. The third-order valence-electron chi connectivity index (χ3n) is 3.61. The Morgan fingerprint density at radius 1 is 1.33 bits per heavy atom. The van der Waals surface area contributed by atoms with Gasteiger partial charge >= 0.3 is 0 Å². The van der Waals surface area contributed by atoms with Gasteiger partial charge in [0, 0.05) is 19.1 Å². The van der Waals surface area contributed by atoms with Crippen LogP contribution in [0.15, 0.2) is 18.2 Å². The maximum Gasteiger partial charge on any atom is 0.146 e. The van der Waals surface area contributed by atoms with E-state index in [1.807, 2.05) is 12.1 Å². The number of benzene rings is 1. The van der Waals surface area contributed by atoms with Gasteiger partial charge in [-0.05, 0) is 44.4 Å². The van der Waals surface area contributed by atoms with Gasteiger partial charge in [0.25, 0.3) is 0 Å². The Kier molecular flexibility index (Phi) is 4.59. The van der Waals surface area contributed by atoms with Crippen LogP contribution in [0.3, 0.4) is 0 Å². The molecular formula is C15H23FN2. The minimum atomic E-state index is -0.0838. The van der Waals surface area contributed by atoms with Crippen molar-refractivity contribution in [3.63, 3.8) is 0 Å². The summed E-state index contributed by atoms with van der Waals surface area (Å²) in [7, 11) is 0. The van der Waals surface area contributed by atoms with Gasteiger partial charge in [0.2, 0.25) is 0 Å². The maximum absolute atomic E-state index is 14.1. The summed E-state index contributed by atoms with van der Waals surface area (Å²) in [5, 5.41) is 3.45. The van der Waals surface area contributed by atoms with Crippen LogP contribution in [-0.4, -0.2) is 19.6 Å². The minimum absolute atomic E-state index is 0.0838. The van der Waals surface area contributed by atoms with Crippen LogP contribution in [0.5, 0.6) is 0 Å². The van der Waals surface area contributed by atoms with Gasteiger partial charge in [-0.3, -0.25) is 0 Å². The topological polar surface area (TPSA) is 15.3 Å². The van der Waals surface area contributed by atoms with E-state index in [1.54, 1.807) is 6.07 Å². The van der Waals surface area contributed by atoms with Crippen molar-refractivity contribution in [2.75, 3.05) is 24.5 Å². The lowest BCUT2D eigenvalue weighted by Gasteiger charge is -2.25. The number of para-hydroxylation sites is 1. The fraction of sp³-hybridized carbons (Fsp3) is 0.600. The monoisotopic (exact) mass is 250 g/mol. The zero-order valence-corrected chi connectivity index (χ0v) is 11.4. The van der Waals surface area contributed by atoms with Gasteiger partial charge in [-0.2, -0.15) is 0 Å². The second-order valence-corrected chi connectivity index (χ2v) is 5.05. The van der Waals surface area contributed by atoms with Crippen molar-refractivity contribution in [1.82, 2.24) is 5.32 Å². The van der Waals surface area contributed by atoms with Gasteiger partial charge in [0.15, 0.2) is 0 Å². The van der Waals surface area contributed by atoms with Gasteiger partial charge in [0.1, 0.15) is 5.82 Å². The first-order valence-corrected chi connectivity index (χ1v) is 7.00. The van der Waals surface area contributed by atoms with Crippen molar-refractivity contribution in [3.8, 4) is 0 Å². The van der Waals surface area contributed by atoms with Crippen LogP contribution in [0.25, 0.3) is 0 Å². The number of nitrogens with zero attached hydrogens (tertiary/aromatic N) is 1. The number of nitrogens with one attached hydrogen (secondary N) is 1. The van der Waals surface area contributed by atoms with E-state index >= 15 is 0 Å². The summed E-state index contributed by atoms with van der Waals surface area (Å²) in [6.07, 6.45) is 3.44. The summed E-state index contributed by atoms with van der Waals surface area (Å²) in [6.45, 7) is 7.19. The molecule has 2 nitrogen and oxygen atoms in total. The molecule has 3 heteroatoms. The van der Waals surface area contributed by atoms with Gasteiger partial charge in [-0.1, -0.05) is 19.1 Å². The van der Waals surface area contributed by atoms with Crippen molar-refractivity contribution in [2.24, 2.45) is 0 Å². The Labute approximate surface area is 109 Å². The Hall–Kier alpha value is -1.09. The highest BCUT2D eigenvalue weighted by Crippen LogP contribution is 2.31. The molecule has 0 aromatic heterocycles. The van der Waals surface area contributed by atoms with E-state index < -0.39 is 0 Å². The Balaban J connectivity index is 2.25. The lowest BCUT2D eigenvalue weighted by Crippen LogP contribution is -2.25. The quantitative estimate of drug-likeness (QED) is 0.860. The molecule has 1 aromatic carbocycles. The molecule has 1 atom stereocenters. The number of hydrogen-bond donors (Lipinski definition) is 1. The second-order valence-electron chi connectivity index (χ2n) is 5.05. The van der Waals surface area contributed by atoms with Crippen LogP contribution >= 0.6 is 0 Å². The van der Waals surface area contributed by atoms with E-state index in [2.05, 4.69) is 24.1 Å². The number of halogens is 1. The molecule has 1 aliphatic rings. The van der Waals surface area contributed by atoms with Crippen molar-refractivity contribution < 1.29 is 4.39 Å². The molecule has 2 rings (SSSR count). The number of anilines is 1. The molecule has 1 N–H and O–H groups in total. The van der Waals surface area contributed by atoms with E-state index in [9.17, 15) is 4.39 Å². The van der Waals surface area contributed by atoms with E-state index in [4.69, 9.17) is 0 Å². The van der Waals surface area contributed by atoms with Crippen LogP contribution in [0, 0.1) is 5.82 Å². The first-order chi connectivity index (χ1) is 8.74. The molecule has 0 saturated carbocycles. The fourth-order valence-electron chi connectivity index (χ4n) is 2.63. The predicted octanol–water partition coefficient (Wildman–Crippen LogP) is 3.49. The molecule has 1 heterocycles. The predicted molar refractivity (Wildman–Crippen MR) is 74.6 cm³/mol. The van der Waals surface area contributed by atoms with Crippen LogP contribution < -0.4 is 10.2 Å². The summed E-state index contributed by atoms with van der Waals surface area (Å²) < 4.78 is 14.1. The molecule has 1 aliphatic heterocycles. The maximum atomic E-state index is 14.1. The SMILES string of the molecule is CCCNC(C)c1cccc(F)c1N1CCCC1. The highest BCUT2D eigenvalue weighted by molar-refractivity contribution is 5.56. The van der Waals surface area contributed by atoms with Gasteiger partial charge in [0.05, 0.1) is 5.69 Å². The van der Waals surface area contributed by atoms with Crippen LogP contribution in [0.2, 0.25) is 0 Å². The third-order valence-corrected chi connectivity index (χ3v) is 3.61. The van der Waals surface area contributed by atoms with Crippen LogP contribution in [-0.2, 0) is 0 Å². The molecule has 18 heavy (non-hydrogen) atoms. The van der Waals surface area contributed by atoms with Crippen molar-refractivity contribution in [3.05, 3.63) is 29.6 Å². The van der Waals surface area contributed by atoms with E-state index in [1.165, 1.54) is 12.8 Å². The lowest BCUT2D eigenvalue weighted by molar-refractivity contribution is 0.560. The van der Waals surface area contributed by atoms with E-state index in [0.717, 1.165) is 37.3 Å². The molecule has 1 unspecified atom stereocenters. The zero-order chi connectivity index (χ0) is 13.0. The highest BCUT2D eigenvalue weighted by Gasteiger charge is 2.21. The molecular weight excluding hydrogens is 227 g/mol. The lowest BCUT2D eigenvalue weighted by atomic mass is 10.0. The molecule has 1 saturated heterocycles. The molecule has 0 spiro atoms. The molecule has 0 radical (unpaired) electrons. The number of hydrogen-bond acceptors (Lipinski definition) is 2. The molecule has 1 aromatic rings. The van der Waals surface area contributed by atoms with Gasteiger partial charge < -0.3 is 10.2 Å². The molecule has 0 bridgehead atoms. The summed E-state index contributed by atoms with van der Waals surface area (Å²) in [4.78, 5) is 2.19. The largest absolute Gasteiger partial charge is 0.369 e. The van der Waals surface area contributed by atoms with Crippen molar-refractivity contribution >= 4 is 5.69 Å². The summed E-state index contributed by atoms with van der Waals surface area (Å²) in [5.74, 6) is -0.0838. The van der Waals surface area contributed by atoms with E-state index in [0.29, 0.717) is 0 Å². The average molecular weight is 250 g/mol. The van der Waals surface area contributed by atoms with Gasteiger partial charge in [-0.15, -0.1) is 0 Å². The smallest absolute Gasteiger partial charge is 0.146 e. The fourth-order valence-corrected chi connectivity index (χ4v) is 2.63. The summed E-state index contributed by atoms with van der Waals surface area (Å²) >= 11 is 0. The standard InChI is InChI=1S/C15H23FN2/c1-3-9-17-12(2)13-7-6-8-14(16)15(13)18-10-4-5-11-18/h6-8,12,17H,3-5,9-11H2,1-2H3. The Bertz CT molecular complexity index is 386. The van der Waals surface area contributed by atoms with Crippen LogP contribution in [0.1, 0.15) is 44.7 Å².